The van der Waals surface area contributed by atoms with Crippen molar-refractivity contribution in [2.24, 2.45) is 22.9 Å². The average molecular weight is 1080 g/mol. The maximum absolute atomic E-state index is 15.1. The first-order chi connectivity index (χ1) is 37.7. The Morgan fingerprint density at radius 2 is 1.56 bits per heavy atom. The quantitative estimate of drug-likeness (QED) is 0.0150. The van der Waals surface area contributed by atoms with Crippen molar-refractivity contribution in [1.29, 1.82) is 0 Å². The number of thioether (sulfide) groups is 1. The molecule has 7 rings (SSSR count). The molecule has 2 N–H and O–H groups in total. The molecule has 1 saturated carbocycles. The smallest absolute Gasteiger partial charge is 0.410 e. The molecule has 4 aromatic carbocycles. The van der Waals surface area contributed by atoms with Crippen LogP contribution in [-0.4, -0.2) is 82.5 Å². The van der Waals surface area contributed by atoms with Crippen LogP contribution in [0.25, 0.3) is 0 Å². The fraction of sp³-hybridized carbons (Fsp3) is 0.516. The minimum absolute atomic E-state index is 0.0100. The number of carbonyl (C=O) groups is 1. The van der Waals surface area contributed by atoms with Gasteiger partial charge in [0.05, 0.1) is 36.4 Å². The lowest BCUT2D eigenvalue weighted by Gasteiger charge is -2.59. The van der Waals surface area contributed by atoms with E-state index in [2.05, 4.69) is 37.8 Å². The first kappa shape index (κ1) is 58.9. The Labute approximate surface area is 459 Å². The summed E-state index contributed by atoms with van der Waals surface area (Å²) in [5.74, 6) is -0.908. The highest BCUT2D eigenvalue weighted by atomic mass is 32.2. The Kier molecular flexibility index (Phi) is 23.7. The van der Waals surface area contributed by atoms with Gasteiger partial charge in [0.25, 0.3) is 5.69 Å². The molecule has 1 amide bonds. The van der Waals surface area contributed by atoms with Crippen molar-refractivity contribution in [3.8, 4) is 11.5 Å². The summed E-state index contributed by atoms with van der Waals surface area (Å²) in [5.41, 5.74) is 3.66. The van der Waals surface area contributed by atoms with Gasteiger partial charge in [-0.1, -0.05) is 125 Å². The fourth-order valence-electron chi connectivity index (χ4n) is 11.4. The number of nitrogens with zero attached hydrogens (tertiary/aromatic N) is 3. The number of aliphatic hydroxyl groups excluding tert-OH is 2. The second-order valence-electron chi connectivity index (χ2n) is 20.5. The van der Waals surface area contributed by atoms with Crippen molar-refractivity contribution in [2.45, 2.75) is 152 Å². The number of halogens is 1. The molecule has 13 nitrogen and oxygen atoms in total. The molecule has 1 heterocycles. The van der Waals surface area contributed by atoms with Gasteiger partial charge in [-0.25, -0.2) is 9.18 Å². The van der Waals surface area contributed by atoms with Crippen LogP contribution in [0.1, 0.15) is 139 Å². The highest BCUT2D eigenvalue weighted by Gasteiger charge is 2.65. The third-order valence-corrected chi connectivity index (χ3v) is 16.1. The van der Waals surface area contributed by atoms with E-state index in [1.54, 1.807) is 47.0 Å². The second-order valence-corrected chi connectivity index (χ2v) is 21.7. The summed E-state index contributed by atoms with van der Waals surface area (Å²) < 4.78 is 42.0. The molecular weight excluding hydrogens is 998 g/mol. The van der Waals surface area contributed by atoms with Crippen LogP contribution in [0.4, 0.5) is 14.9 Å². The number of fused-ring (bicyclic) bond motifs is 2. The Morgan fingerprint density at radius 1 is 0.870 bits per heavy atom. The first-order valence-electron chi connectivity index (χ1n) is 28.1. The Balaban J connectivity index is 1.32. The van der Waals surface area contributed by atoms with Crippen LogP contribution in [0, 0.1) is 33.7 Å². The summed E-state index contributed by atoms with van der Waals surface area (Å²) in [5, 5.41) is 36.6. The minimum atomic E-state index is -1.56. The van der Waals surface area contributed by atoms with Crippen LogP contribution < -0.4 is 9.47 Å². The molecule has 3 aliphatic rings. The lowest BCUT2D eigenvalue weighted by atomic mass is 9.55. The van der Waals surface area contributed by atoms with Gasteiger partial charge in [0.15, 0.2) is 0 Å². The van der Waals surface area contributed by atoms with Gasteiger partial charge in [-0.15, -0.1) is 18.3 Å². The molecule has 4 aromatic rings. The van der Waals surface area contributed by atoms with Crippen LogP contribution in [0.5, 0.6) is 11.5 Å². The van der Waals surface area contributed by atoms with Crippen molar-refractivity contribution in [1.82, 2.24) is 4.90 Å². The molecule has 416 valence electrons. The number of nitro groups is 1. The van der Waals surface area contributed by atoms with E-state index in [1.807, 2.05) is 30.3 Å². The van der Waals surface area contributed by atoms with Crippen LogP contribution in [0.3, 0.4) is 0 Å². The SMILES string of the molecule is C=CCO[C@@]12Oc3ccc(OCCSc4ccccc4)cc3[C@H]3[C@H](CCCCO)[C@@H](CCCCO)C=C(C(=NOCc4ccc([N+](=O)[O-])cc4)C[C@@H]1N(Cc1ccc(F)cc1)C(=O)OCCCCCCCCCCCC)[C@H]32. The van der Waals surface area contributed by atoms with Gasteiger partial charge in [0, 0.05) is 60.4 Å². The van der Waals surface area contributed by atoms with Crippen LogP contribution in [0.2, 0.25) is 0 Å². The molecule has 0 spiro atoms. The Morgan fingerprint density at radius 3 is 2.25 bits per heavy atom. The summed E-state index contributed by atoms with van der Waals surface area (Å²) >= 11 is 1.72. The van der Waals surface area contributed by atoms with E-state index >= 15 is 4.79 Å². The van der Waals surface area contributed by atoms with E-state index in [1.165, 1.54) is 62.8 Å². The van der Waals surface area contributed by atoms with Crippen LogP contribution in [-0.2, 0) is 27.5 Å². The van der Waals surface area contributed by atoms with E-state index < -0.39 is 34.6 Å². The van der Waals surface area contributed by atoms with Crippen molar-refractivity contribution in [2.75, 3.05) is 38.8 Å². The van der Waals surface area contributed by atoms with Crippen LogP contribution >= 0.6 is 11.8 Å². The first-order valence-corrected chi connectivity index (χ1v) is 29.1. The molecule has 77 heavy (non-hydrogen) atoms. The normalized spacial score (nSPS) is 20.8. The van der Waals surface area contributed by atoms with E-state index in [4.69, 9.17) is 28.9 Å². The lowest BCUT2D eigenvalue weighted by Crippen LogP contribution is -2.70. The van der Waals surface area contributed by atoms with Gasteiger partial charge < -0.3 is 34.0 Å². The molecule has 0 bridgehead atoms. The fourth-order valence-corrected chi connectivity index (χ4v) is 12.1. The summed E-state index contributed by atoms with van der Waals surface area (Å²) in [6.07, 6.45) is 19.1. The topological polar surface area (TPSA) is 162 Å². The third-order valence-electron chi connectivity index (χ3n) is 15.2. The lowest BCUT2D eigenvalue weighted by molar-refractivity contribution is -0.384. The molecule has 0 aromatic heterocycles. The number of allylic oxidation sites excluding steroid dienone is 1. The zero-order valence-corrected chi connectivity index (χ0v) is 45.8. The molecule has 0 saturated heterocycles. The molecule has 1 aliphatic heterocycles. The van der Waals surface area contributed by atoms with Crippen molar-refractivity contribution >= 4 is 29.3 Å². The number of ether oxygens (including phenoxy) is 4. The van der Waals surface area contributed by atoms with Gasteiger partial charge in [-0.2, -0.15) is 0 Å². The summed E-state index contributed by atoms with van der Waals surface area (Å²) in [6, 6.07) is 27.5. The number of rotatable bonds is 34. The summed E-state index contributed by atoms with van der Waals surface area (Å²) in [4.78, 5) is 35.3. The number of aliphatic hydroxyl groups is 2. The summed E-state index contributed by atoms with van der Waals surface area (Å²) in [6.45, 7) is 7.19. The number of nitro benzene ring substituents is 1. The third kappa shape index (κ3) is 16.4. The molecule has 15 heteroatoms. The highest BCUT2D eigenvalue weighted by Crippen LogP contribution is 2.62. The molecule has 0 radical (unpaired) electrons. The average Bonchev–Trinajstić information content (AvgIpc) is 3.45. The monoisotopic (exact) mass is 1080 g/mol. The number of hydrogen-bond donors (Lipinski definition) is 2. The molecule has 1 fully saturated rings. The largest absolute Gasteiger partial charge is 0.493 e. The van der Waals surface area contributed by atoms with Gasteiger partial charge in [-0.05, 0) is 115 Å². The standard InChI is InChI=1S/C62H80FN3O10S/c1-3-5-6-7-8-9-10-11-12-20-38-73-61(69)65(44-46-25-29-49(63)30-26-46)58-43-56(64-75-45-47-27-31-50(32-28-47)66(70)71)54-41-48(21-16-18-35-67)53(24-17-19-36-68)59-55-42-51(72-39-40-77-52-22-14-13-15-23-52)33-34-57(55)76-62(58,60(54)59)74-37-4-2/h4,13-15,22-23,25-34,41-42,48,53,58-60,67-68H,2-3,5-12,16-21,24,35-40,43-45H2,1H3/t48-,53+,58-,59+,60+,62+/m0/s1. The van der Waals surface area contributed by atoms with Gasteiger partial charge in [0.1, 0.15) is 30.0 Å². The molecule has 0 unspecified atom stereocenters. The summed E-state index contributed by atoms with van der Waals surface area (Å²) in [7, 11) is 0. The maximum Gasteiger partial charge on any atom is 0.410 e. The zero-order chi connectivity index (χ0) is 54.2. The number of benzene rings is 4. The van der Waals surface area contributed by atoms with Crippen molar-refractivity contribution in [3.63, 3.8) is 0 Å². The number of hydrogen-bond acceptors (Lipinski definition) is 12. The predicted octanol–water partition coefficient (Wildman–Crippen LogP) is 14.3. The number of unbranched alkanes of at least 4 members (excludes halogenated alkanes) is 11. The van der Waals surface area contributed by atoms with E-state index in [9.17, 15) is 24.7 Å². The molecule has 6 atom stereocenters. The van der Waals surface area contributed by atoms with Gasteiger partial charge in [0.2, 0.25) is 5.79 Å². The number of oxime groups is 1. The minimum Gasteiger partial charge on any atom is -0.493 e. The van der Waals surface area contributed by atoms with Crippen molar-refractivity contribution < 1.29 is 48.1 Å². The Hall–Kier alpha value is -5.74. The van der Waals surface area contributed by atoms with Gasteiger partial charge >= 0.3 is 6.09 Å². The zero-order valence-electron chi connectivity index (χ0n) is 45.0. The maximum atomic E-state index is 15.1. The van der Waals surface area contributed by atoms with Crippen LogP contribution in [0.15, 0.2) is 131 Å². The number of non-ortho nitro benzene ring substituents is 1. The van der Waals surface area contributed by atoms with E-state index in [0.29, 0.717) is 54.2 Å². The molecule has 2 aliphatic carbocycles. The molecular formula is C62H80FN3O10S. The Bertz CT molecular complexity index is 2510. The van der Waals surface area contributed by atoms with E-state index in [0.717, 1.165) is 66.7 Å². The second kappa shape index (κ2) is 31.0. The number of carbonyl (C=O) groups excluding carboxylic acids is 1. The number of amides is 1. The highest BCUT2D eigenvalue weighted by molar-refractivity contribution is 7.99. The van der Waals surface area contributed by atoms with Gasteiger partial charge in [-0.3, -0.25) is 15.0 Å². The van der Waals surface area contributed by atoms with E-state index in [-0.39, 0.29) is 69.4 Å². The van der Waals surface area contributed by atoms with Crippen molar-refractivity contribution in [3.05, 3.63) is 154 Å². The predicted molar refractivity (Wildman–Crippen MR) is 301 cm³/mol.